The zero-order chi connectivity index (χ0) is 16.9. The van der Waals surface area contributed by atoms with Crippen LogP contribution in [0.15, 0.2) is 24.0 Å². The molecule has 0 spiro atoms. The highest BCUT2D eigenvalue weighted by Gasteiger charge is 2.33. The van der Waals surface area contributed by atoms with Gasteiger partial charge in [-0.05, 0) is 32.1 Å². The van der Waals surface area contributed by atoms with E-state index in [1.165, 1.54) is 12.8 Å². The number of imidazole rings is 1. The summed E-state index contributed by atoms with van der Waals surface area (Å²) in [6.45, 7) is 1.53. The fraction of sp³-hybridized carbons (Fsp3) is 0.667. The molecular weight excluding hydrogens is 307 g/mol. The zero-order valence-corrected chi connectivity index (χ0v) is 14.4. The summed E-state index contributed by atoms with van der Waals surface area (Å²) in [6.07, 6.45) is 10.7. The van der Waals surface area contributed by atoms with E-state index in [1.54, 1.807) is 6.20 Å². The van der Waals surface area contributed by atoms with Gasteiger partial charge in [0.2, 0.25) is 5.91 Å². The van der Waals surface area contributed by atoms with Crippen LogP contribution in [0.3, 0.4) is 0 Å². The predicted octanol–water partition coefficient (Wildman–Crippen LogP) is 2.34. The number of aryl methyl sites for hydroxylation is 1. The van der Waals surface area contributed by atoms with Crippen LogP contribution in [0.5, 0.6) is 0 Å². The summed E-state index contributed by atoms with van der Waals surface area (Å²) in [5, 5.41) is 3.02. The van der Waals surface area contributed by atoms with Gasteiger partial charge in [0.25, 0.3) is 0 Å². The first-order chi connectivity index (χ1) is 11.6. The standard InChI is InChI=1S/C18H27FN4O/c1-22-9-8-20-17(22)13-23-12-15(19)10-16(23)11-21-18(24)14-6-4-2-3-5-7-14/h6,8-9,15-16H,2-5,7,10-13H2,1H3,(H,21,24)/t15-,16-/m0/s1. The molecule has 2 heterocycles. The van der Waals surface area contributed by atoms with E-state index >= 15 is 0 Å². The van der Waals surface area contributed by atoms with Crippen LogP contribution in [-0.4, -0.2) is 45.7 Å². The van der Waals surface area contributed by atoms with Gasteiger partial charge in [0.15, 0.2) is 0 Å². The lowest BCUT2D eigenvalue weighted by atomic mass is 10.1. The van der Waals surface area contributed by atoms with Crippen molar-refractivity contribution in [3.8, 4) is 0 Å². The molecule has 3 rings (SSSR count). The van der Waals surface area contributed by atoms with Gasteiger partial charge in [-0.3, -0.25) is 9.69 Å². The molecule has 6 heteroatoms. The van der Waals surface area contributed by atoms with Crippen LogP contribution in [0.25, 0.3) is 0 Å². The summed E-state index contributed by atoms with van der Waals surface area (Å²) in [4.78, 5) is 18.8. The summed E-state index contributed by atoms with van der Waals surface area (Å²) < 4.78 is 15.8. The Kier molecular flexibility index (Phi) is 5.66. The maximum absolute atomic E-state index is 13.9. The Balaban J connectivity index is 1.55. The monoisotopic (exact) mass is 334 g/mol. The van der Waals surface area contributed by atoms with Crippen molar-refractivity contribution in [2.45, 2.75) is 57.3 Å². The first-order valence-corrected chi connectivity index (χ1v) is 8.95. The molecule has 1 aliphatic carbocycles. The minimum absolute atomic E-state index is 0.0242. The third-order valence-corrected chi connectivity index (χ3v) is 5.07. The zero-order valence-electron chi connectivity index (χ0n) is 14.4. The number of rotatable bonds is 5. The second kappa shape index (κ2) is 7.92. The molecule has 1 fully saturated rings. The second-order valence-corrected chi connectivity index (χ2v) is 6.91. The van der Waals surface area contributed by atoms with E-state index in [0.717, 1.165) is 30.7 Å². The van der Waals surface area contributed by atoms with Crippen molar-refractivity contribution in [1.82, 2.24) is 19.8 Å². The van der Waals surface area contributed by atoms with Gasteiger partial charge in [0.1, 0.15) is 12.0 Å². The molecule has 1 aromatic heterocycles. The summed E-state index contributed by atoms with van der Waals surface area (Å²) in [5.41, 5.74) is 0.901. The molecule has 0 bridgehead atoms. The van der Waals surface area contributed by atoms with Crippen molar-refractivity contribution in [3.63, 3.8) is 0 Å². The number of nitrogens with zero attached hydrogens (tertiary/aromatic N) is 3. The Morgan fingerprint density at radius 2 is 2.29 bits per heavy atom. The van der Waals surface area contributed by atoms with Crippen LogP contribution >= 0.6 is 0 Å². The normalized spacial score (nSPS) is 25.3. The molecule has 1 saturated heterocycles. The van der Waals surface area contributed by atoms with Gasteiger partial charge in [0.05, 0.1) is 6.54 Å². The Hall–Kier alpha value is -1.69. The van der Waals surface area contributed by atoms with Gasteiger partial charge in [-0.2, -0.15) is 0 Å². The molecule has 2 aliphatic rings. The number of nitrogens with one attached hydrogen (secondary N) is 1. The van der Waals surface area contributed by atoms with Crippen LogP contribution < -0.4 is 5.32 Å². The van der Waals surface area contributed by atoms with Gasteiger partial charge in [-0.25, -0.2) is 9.37 Å². The maximum atomic E-state index is 13.9. The van der Waals surface area contributed by atoms with E-state index in [1.807, 2.05) is 17.8 Å². The molecule has 24 heavy (non-hydrogen) atoms. The molecule has 132 valence electrons. The molecule has 0 saturated carbocycles. The molecule has 2 atom stereocenters. The Morgan fingerprint density at radius 3 is 3.08 bits per heavy atom. The van der Waals surface area contributed by atoms with Gasteiger partial charge >= 0.3 is 0 Å². The Morgan fingerprint density at radius 1 is 1.42 bits per heavy atom. The third-order valence-electron chi connectivity index (χ3n) is 5.07. The number of hydrogen-bond donors (Lipinski definition) is 1. The first-order valence-electron chi connectivity index (χ1n) is 8.95. The van der Waals surface area contributed by atoms with Gasteiger partial charge in [-0.15, -0.1) is 0 Å². The number of aromatic nitrogens is 2. The number of likely N-dealkylation sites (tertiary alicyclic amines) is 1. The van der Waals surface area contributed by atoms with E-state index in [2.05, 4.69) is 21.3 Å². The Labute approximate surface area is 142 Å². The molecular formula is C18H27FN4O. The Bertz CT molecular complexity index is 598. The number of allylic oxidation sites excluding steroid dienone is 1. The molecule has 0 unspecified atom stereocenters. The lowest BCUT2D eigenvalue weighted by Gasteiger charge is -2.24. The van der Waals surface area contributed by atoms with Gasteiger partial charge in [-0.1, -0.05) is 12.5 Å². The molecule has 1 N–H and O–H groups in total. The van der Waals surface area contributed by atoms with E-state index in [4.69, 9.17) is 0 Å². The van der Waals surface area contributed by atoms with Crippen LogP contribution in [0.2, 0.25) is 0 Å². The van der Waals surface area contributed by atoms with E-state index in [-0.39, 0.29) is 11.9 Å². The summed E-state index contributed by atoms with van der Waals surface area (Å²) in [5.74, 6) is 0.947. The topological polar surface area (TPSA) is 50.2 Å². The van der Waals surface area contributed by atoms with E-state index < -0.39 is 6.17 Å². The van der Waals surface area contributed by atoms with Crippen molar-refractivity contribution in [2.24, 2.45) is 7.05 Å². The number of alkyl halides is 1. The molecule has 0 aromatic carbocycles. The van der Waals surface area contributed by atoms with Crippen molar-refractivity contribution in [2.75, 3.05) is 13.1 Å². The SMILES string of the molecule is Cn1ccnc1CN1C[C@@H](F)C[C@H]1CNC(=O)C1=CCCCCC1. The number of carbonyl (C=O) groups is 1. The van der Waals surface area contributed by atoms with Crippen LogP contribution in [-0.2, 0) is 18.4 Å². The van der Waals surface area contributed by atoms with E-state index in [9.17, 15) is 9.18 Å². The van der Waals surface area contributed by atoms with Crippen LogP contribution in [0.4, 0.5) is 4.39 Å². The fourth-order valence-corrected chi connectivity index (χ4v) is 3.60. The highest BCUT2D eigenvalue weighted by molar-refractivity contribution is 5.93. The lowest BCUT2D eigenvalue weighted by molar-refractivity contribution is -0.117. The largest absolute Gasteiger partial charge is 0.351 e. The van der Waals surface area contributed by atoms with Crippen molar-refractivity contribution < 1.29 is 9.18 Å². The lowest BCUT2D eigenvalue weighted by Crippen LogP contribution is -2.40. The minimum Gasteiger partial charge on any atom is -0.351 e. The summed E-state index contributed by atoms with van der Waals surface area (Å²) in [7, 11) is 1.95. The van der Waals surface area contributed by atoms with Crippen molar-refractivity contribution >= 4 is 5.91 Å². The number of halogens is 1. The molecule has 1 aromatic rings. The van der Waals surface area contributed by atoms with Crippen molar-refractivity contribution in [3.05, 3.63) is 29.9 Å². The maximum Gasteiger partial charge on any atom is 0.246 e. The number of amides is 1. The smallest absolute Gasteiger partial charge is 0.246 e. The first kappa shape index (κ1) is 17.1. The van der Waals surface area contributed by atoms with E-state index in [0.29, 0.717) is 26.1 Å². The second-order valence-electron chi connectivity index (χ2n) is 6.91. The summed E-state index contributed by atoms with van der Waals surface area (Å²) in [6, 6.07) is 0.0343. The molecule has 1 amide bonds. The third kappa shape index (κ3) is 4.23. The van der Waals surface area contributed by atoms with Crippen LogP contribution in [0.1, 0.15) is 44.3 Å². The summed E-state index contributed by atoms with van der Waals surface area (Å²) >= 11 is 0. The molecule has 0 radical (unpaired) electrons. The van der Waals surface area contributed by atoms with Crippen molar-refractivity contribution in [1.29, 1.82) is 0 Å². The molecule has 1 aliphatic heterocycles. The highest BCUT2D eigenvalue weighted by atomic mass is 19.1. The minimum atomic E-state index is -0.829. The number of carbonyl (C=O) groups excluding carboxylic acids is 1. The quantitative estimate of drug-likeness (QED) is 0.899. The van der Waals surface area contributed by atoms with Gasteiger partial charge < -0.3 is 9.88 Å². The average molecular weight is 334 g/mol. The van der Waals surface area contributed by atoms with Crippen LogP contribution in [0, 0.1) is 0 Å². The van der Waals surface area contributed by atoms with Gasteiger partial charge in [0, 0.05) is 44.1 Å². The predicted molar refractivity (Wildman–Crippen MR) is 91.1 cm³/mol. The molecule has 5 nitrogen and oxygen atoms in total. The fourth-order valence-electron chi connectivity index (χ4n) is 3.60. The average Bonchev–Trinajstić information content (AvgIpc) is 2.99. The number of hydrogen-bond acceptors (Lipinski definition) is 3. The highest BCUT2D eigenvalue weighted by Crippen LogP contribution is 2.22.